The molecule has 0 saturated carbocycles. The molecule has 0 aliphatic heterocycles. The normalized spacial score (nSPS) is 10.9. The van der Waals surface area contributed by atoms with E-state index in [-0.39, 0.29) is 11.9 Å². The maximum Gasteiger partial charge on any atom is 0.322 e. The van der Waals surface area contributed by atoms with Gasteiger partial charge in [0.05, 0.1) is 15.1 Å². The summed E-state index contributed by atoms with van der Waals surface area (Å²) in [7, 11) is 0. The molecule has 0 bridgehead atoms. The second-order valence-corrected chi connectivity index (χ2v) is 7.47. The Kier molecular flexibility index (Phi) is 5.00. The van der Waals surface area contributed by atoms with Gasteiger partial charge in [0, 0.05) is 0 Å². The Labute approximate surface area is 164 Å². The van der Waals surface area contributed by atoms with Gasteiger partial charge in [0.1, 0.15) is 0 Å². The molecule has 2 aromatic heterocycles. The number of hydrogen-bond donors (Lipinski definition) is 1. The van der Waals surface area contributed by atoms with Gasteiger partial charge in [-0.05, 0) is 23.3 Å². The van der Waals surface area contributed by atoms with Crippen molar-refractivity contribution in [1.29, 1.82) is 0 Å². The predicted molar refractivity (Wildman–Crippen MR) is 106 cm³/mol. The molecular weight excluding hydrogens is 382 g/mol. The summed E-state index contributed by atoms with van der Waals surface area (Å²) in [5, 5.41) is 10.6. The molecule has 0 spiro atoms. The second kappa shape index (κ2) is 7.73. The highest BCUT2D eigenvalue weighted by atomic mass is 35.5. The molecule has 0 atom stereocenters. The van der Waals surface area contributed by atoms with Crippen LogP contribution in [0, 0.1) is 0 Å². The largest absolute Gasteiger partial charge is 0.402 e. The van der Waals surface area contributed by atoms with Crippen LogP contribution in [-0.2, 0) is 4.79 Å². The van der Waals surface area contributed by atoms with E-state index >= 15 is 0 Å². The van der Waals surface area contributed by atoms with Crippen molar-refractivity contribution >= 4 is 34.9 Å². The highest BCUT2D eigenvalue weighted by Crippen LogP contribution is 2.31. The first-order valence-corrected chi connectivity index (χ1v) is 9.40. The van der Waals surface area contributed by atoms with Crippen molar-refractivity contribution in [1.82, 2.24) is 10.2 Å². The number of nitrogens with zero attached hydrogens (tertiary/aromatic N) is 2. The zero-order valence-corrected chi connectivity index (χ0v) is 15.6. The molecule has 2 aromatic carbocycles. The number of aromatic nitrogens is 2. The number of nitrogens with one attached hydrogen (secondary N) is 1. The maximum atomic E-state index is 13.0. The standard InChI is InChI=1S/C20H14ClN3O2S/c21-16-12-11-15(27-16)19-23-24-20(26-19)22-18(25)17(13-7-3-1-4-8-13)14-9-5-2-6-10-14/h1-12,17H,(H,22,24,25). The van der Waals surface area contributed by atoms with Gasteiger partial charge in [-0.3, -0.25) is 10.1 Å². The zero-order valence-electron chi connectivity index (χ0n) is 14.0. The van der Waals surface area contributed by atoms with Crippen molar-refractivity contribution in [2.75, 3.05) is 5.32 Å². The van der Waals surface area contributed by atoms with Crippen LogP contribution >= 0.6 is 22.9 Å². The van der Waals surface area contributed by atoms with E-state index in [0.717, 1.165) is 16.0 Å². The highest BCUT2D eigenvalue weighted by molar-refractivity contribution is 7.19. The second-order valence-electron chi connectivity index (χ2n) is 5.76. The number of carbonyl (C=O) groups excluding carboxylic acids is 1. The summed E-state index contributed by atoms with van der Waals surface area (Å²) in [6.45, 7) is 0. The van der Waals surface area contributed by atoms with Gasteiger partial charge in [0.15, 0.2) is 0 Å². The van der Waals surface area contributed by atoms with E-state index < -0.39 is 5.92 Å². The summed E-state index contributed by atoms with van der Waals surface area (Å²) >= 11 is 7.27. The Hall–Kier alpha value is -2.96. The van der Waals surface area contributed by atoms with E-state index in [1.807, 2.05) is 60.7 Å². The topological polar surface area (TPSA) is 68.0 Å². The third-order valence-corrected chi connectivity index (χ3v) is 5.19. The molecule has 4 rings (SSSR count). The minimum Gasteiger partial charge on any atom is -0.402 e. The van der Waals surface area contributed by atoms with E-state index in [1.165, 1.54) is 11.3 Å². The monoisotopic (exact) mass is 395 g/mol. The summed E-state index contributed by atoms with van der Waals surface area (Å²) < 4.78 is 6.20. The van der Waals surface area contributed by atoms with E-state index in [4.69, 9.17) is 16.0 Å². The van der Waals surface area contributed by atoms with Crippen molar-refractivity contribution in [2.45, 2.75) is 5.92 Å². The molecule has 7 heteroatoms. The SMILES string of the molecule is O=C(Nc1nnc(-c2ccc(Cl)s2)o1)C(c1ccccc1)c1ccccc1. The summed E-state index contributed by atoms with van der Waals surface area (Å²) in [6.07, 6.45) is 0. The number of carbonyl (C=O) groups is 1. The molecule has 0 radical (unpaired) electrons. The predicted octanol–water partition coefficient (Wildman–Crippen LogP) is 5.22. The molecular formula is C20H14ClN3O2S. The number of amides is 1. The third-order valence-electron chi connectivity index (χ3n) is 3.97. The first kappa shape index (κ1) is 17.5. The summed E-state index contributed by atoms with van der Waals surface area (Å²) in [4.78, 5) is 13.8. The number of anilines is 1. The smallest absolute Gasteiger partial charge is 0.322 e. The van der Waals surface area contributed by atoms with Gasteiger partial charge >= 0.3 is 6.01 Å². The Morgan fingerprint density at radius 2 is 1.56 bits per heavy atom. The third kappa shape index (κ3) is 3.92. The van der Waals surface area contributed by atoms with Crippen molar-refractivity contribution in [3.8, 4) is 10.8 Å². The molecule has 0 fully saturated rings. The van der Waals surface area contributed by atoms with Gasteiger partial charge in [-0.15, -0.1) is 16.4 Å². The average Bonchev–Trinajstić information content (AvgIpc) is 3.33. The molecule has 0 aliphatic rings. The molecule has 0 unspecified atom stereocenters. The first-order chi connectivity index (χ1) is 13.2. The lowest BCUT2D eigenvalue weighted by Crippen LogP contribution is -2.22. The highest BCUT2D eigenvalue weighted by Gasteiger charge is 2.24. The Morgan fingerprint density at radius 1 is 0.926 bits per heavy atom. The molecule has 2 heterocycles. The quantitative estimate of drug-likeness (QED) is 0.503. The molecule has 1 amide bonds. The first-order valence-electron chi connectivity index (χ1n) is 8.20. The lowest BCUT2D eigenvalue weighted by molar-refractivity contribution is -0.116. The summed E-state index contributed by atoms with van der Waals surface area (Å²) in [5.41, 5.74) is 1.76. The van der Waals surface area contributed by atoms with Crippen LogP contribution in [0.4, 0.5) is 6.01 Å². The van der Waals surface area contributed by atoms with Crippen LogP contribution in [0.3, 0.4) is 0 Å². The molecule has 5 nitrogen and oxygen atoms in total. The van der Waals surface area contributed by atoms with E-state index in [1.54, 1.807) is 12.1 Å². The number of thiophene rings is 1. The molecule has 1 N–H and O–H groups in total. The summed E-state index contributed by atoms with van der Waals surface area (Å²) in [6, 6.07) is 22.7. The Bertz CT molecular complexity index is 1010. The van der Waals surface area contributed by atoms with Gasteiger partial charge in [-0.25, -0.2) is 0 Å². The van der Waals surface area contributed by atoms with Gasteiger partial charge < -0.3 is 4.42 Å². The lowest BCUT2D eigenvalue weighted by Gasteiger charge is -2.16. The Morgan fingerprint density at radius 3 is 2.11 bits per heavy atom. The number of hydrogen-bond acceptors (Lipinski definition) is 5. The van der Waals surface area contributed by atoms with Crippen LogP contribution in [0.25, 0.3) is 10.8 Å². The van der Waals surface area contributed by atoms with Gasteiger partial charge in [0.2, 0.25) is 5.91 Å². The molecule has 27 heavy (non-hydrogen) atoms. The fourth-order valence-electron chi connectivity index (χ4n) is 2.77. The minimum absolute atomic E-state index is 0.0522. The van der Waals surface area contributed by atoms with Crippen LogP contribution in [-0.4, -0.2) is 16.1 Å². The van der Waals surface area contributed by atoms with Crippen molar-refractivity contribution < 1.29 is 9.21 Å². The van der Waals surface area contributed by atoms with Crippen molar-refractivity contribution in [3.63, 3.8) is 0 Å². The number of halogens is 1. The van der Waals surface area contributed by atoms with Crippen LogP contribution in [0.15, 0.2) is 77.2 Å². The Balaban J connectivity index is 1.60. The van der Waals surface area contributed by atoms with Gasteiger partial charge in [-0.1, -0.05) is 77.4 Å². The average molecular weight is 396 g/mol. The van der Waals surface area contributed by atoms with E-state index in [0.29, 0.717) is 10.2 Å². The van der Waals surface area contributed by atoms with Gasteiger partial charge in [0.25, 0.3) is 5.89 Å². The maximum absolute atomic E-state index is 13.0. The van der Waals surface area contributed by atoms with Crippen LogP contribution < -0.4 is 5.32 Å². The van der Waals surface area contributed by atoms with E-state index in [9.17, 15) is 4.79 Å². The van der Waals surface area contributed by atoms with Crippen LogP contribution in [0.1, 0.15) is 17.0 Å². The van der Waals surface area contributed by atoms with E-state index in [2.05, 4.69) is 15.5 Å². The van der Waals surface area contributed by atoms with Crippen molar-refractivity contribution in [2.24, 2.45) is 0 Å². The molecule has 134 valence electrons. The summed E-state index contributed by atoms with van der Waals surface area (Å²) in [5.74, 6) is -0.413. The lowest BCUT2D eigenvalue weighted by atomic mass is 9.90. The fourth-order valence-corrected chi connectivity index (χ4v) is 3.73. The molecule has 4 aromatic rings. The van der Waals surface area contributed by atoms with Crippen molar-refractivity contribution in [3.05, 3.63) is 88.3 Å². The zero-order chi connectivity index (χ0) is 18.6. The fraction of sp³-hybridized carbons (Fsp3) is 0.0500. The van der Waals surface area contributed by atoms with Gasteiger partial charge in [-0.2, -0.15) is 0 Å². The number of rotatable bonds is 5. The molecule has 0 aliphatic carbocycles. The molecule has 0 saturated heterocycles. The van der Waals surface area contributed by atoms with Crippen LogP contribution in [0.5, 0.6) is 0 Å². The minimum atomic E-state index is -0.487. The van der Waals surface area contributed by atoms with Crippen LogP contribution in [0.2, 0.25) is 4.34 Å². The number of benzene rings is 2.